The summed E-state index contributed by atoms with van der Waals surface area (Å²) in [5, 5.41) is 8.43. The Labute approximate surface area is 153 Å². The summed E-state index contributed by atoms with van der Waals surface area (Å²) in [5.41, 5.74) is 5.72. The van der Waals surface area contributed by atoms with Crippen LogP contribution in [0.3, 0.4) is 0 Å². The lowest BCUT2D eigenvalue weighted by Gasteiger charge is -2.07. The number of aryl methyl sites for hydroxylation is 3. The van der Waals surface area contributed by atoms with E-state index >= 15 is 0 Å². The molecule has 0 spiro atoms. The molecule has 2 aromatic rings. The van der Waals surface area contributed by atoms with E-state index in [1.807, 2.05) is 5.38 Å². The third-order valence-corrected chi connectivity index (χ3v) is 4.39. The van der Waals surface area contributed by atoms with Gasteiger partial charge in [0.2, 0.25) is 5.91 Å². The lowest BCUT2D eigenvalue weighted by Crippen LogP contribution is -2.30. The molecule has 1 aromatic carbocycles. The van der Waals surface area contributed by atoms with Crippen molar-refractivity contribution in [2.45, 2.75) is 20.8 Å². The van der Waals surface area contributed by atoms with Crippen LogP contribution in [0.4, 0.5) is 5.13 Å². The molecule has 1 amide bonds. The van der Waals surface area contributed by atoms with E-state index in [-0.39, 0.29) is 24.9 Å². The smallest absolute Gasteiger partial charge is 0.240 e. The molecule has 132 valence electrons. The van der Waals surface area contributed by atoms with Crippen molar-refractivity contribution in [2.24, 2.45) is 0 Å². The number of methoxy groups -OCH3 is 1. The zero-order chi connectivity index (χ0) is 16.8. The summed E-state index contributed by atoms with van der Waals surface area (Å²) in [5.74, 6) is -0.0983. The van der Waals surface area contributed by atoms with Gasteiger partial charge < -0.3 is 15.4 Å². The number of anilines is 1. The first-order valence-electron chi connectivity index (χ1n) is 7.54. The van der Waals surface area contributed by atoms with E-state index in [9.17, 15) is 4.79 Å². The molecule has 0 unspecified atom stereocenters. The summed E-state index contributed by atoms with van der Waals surface area (Å²) in [6, 6.07) is 4.32. The van der Waals surface area contributed by atoms with Crippen LogP contribution >= 0.6 is 23.7 Å². The van der Waals surface area contributed by atoms with Gasteiger partial charge in [-0.2, -0.15) is 0 Å². The highest BCUT2D eigenvalue weighted by atomic mass is 35.5. The van der Waals surface area contributed by atoms with Crippen LogP contribution in [-0.2, 0) is 9.53 Å². The molecular formula is C17H24ClN3O2S. The maximum Gasteiger partial charge on any atom is 0.240 e. The Kier molecular flexibility index (Phi) is 8.35. The molecule has 0 bridgehead atoms. The number of nitrogens with zero attached hydrogens (tertiary/aromatic N) is 1. The number of ether oxygens (including phenoxy) is 1. The van der Waals surface area contributed by atoms with Gasteiger partial charge in [-0.05, 0) is 43.5 Å². The van der Waals surface area contributed by atoms with Gasteiger partial charge in [-0.1, -0.05) is 6.07 Å². The van der Waals surface area contributed by atoms with Crippen LogP contribution in [0.25, 0.3) is 11.3 Å². The Bertz CT molecular complexity index is 688. The summed E-state index contributed by atoms with van der Waals surface area (Å²) in [7, 11) is 1.63. The minimum Gasteiger partial charge on any atom is -0.383 e. The number of halogens is 1. The minimum atomic E-state index is -0.0983. The number of carbonyl (C=O) groups excluding carboxylic acids is 1. The van der Waals surface area contributed by atoms with Crippen LogP contribution in [0.2, 0.25) is 0 Å². The Morgan fingerprint density at radius 3 is 2.62 bits per heavy atom. The number of hydrogen-bond acceptors (Lipinski definition) is 5. The van der Waals surface area contributed by atoms with Crippen molar-refractivity contribution in [2.75, 3.05) is 32.1 Å². The van der Waals surface area contributed by atoms with E-state index in [0.717, 1.165) is 11.3 Å². The van der Waals surface area contributed by atoms with Crippen molar-refractivity contribution in [3.63, 3.8) is 0 Å². The molecule has 0 aliphatic heterocycles. The molecule has 0 radical (unpaired) electrons. The number of hydrogen-bond donors (Lipinski definition) is 2. The number of benzene rings is 1. The van der Waals surface area contributed by atoms with Crippen molar-refractivity contribution in [1.82, 2.24) is 10.3 Å². The number of amides is 1. The highest BCUT2D eigenvalue weighted by Crippen LogP contribution is 2.29. The predicted molar refractivity (Wildman–Crippen MR) is 102 cm³/mol. The van der Waals surface area contributed by atoms with Gasteiger partial charge in [0.1, 0.15) is 0 Å². The summed E-state index contributed by atoms with van der Waals surface area (Å²) in [4.78, 5) is 16.4. The third kappa shape index (κ3) is 5.56. The molecule has 2 rings (SSSR count). The molecule has 5 nitrogen and oxygen atoms in total. The van der Waals surface area contributed by atoms with E-state index < -0.39 is 0 Å². The monoisotopic (exact) mass is 369 g/mol. The van der Waals surface area contributed by atoms with E-state index in [1.54, 1.807) is 7.11 Å². The molecule has 0 atom stereocenters. The Balaban J connectivity index is 0.00000288. The van der Waals surface area contributed by atoms with Crippen molar-refractivity contribution in [3.05, 3.63) is 34.2 Å². The van der Waals surface area contributed by atoms with Crippen LogP contribution in [0.1, 0.15) is 16.7 Å². The summed E-state index contributed by atoms with van der Waals surface area (Å²) >= 11 is 1.44. The Morgan fingerprint density at radius 1 is 1.21 bits per heavy atom. The summed E-state index contributed by atoms with van der Waals surface area (Å²) in [6.45, 7) is 7.77. The van der Waals surface area contributed by atoms with E-state index in [0.29, 0.717) is 18.3 Å². The number of nitrogens with one attached hydrogen (secondary N) is 2. The van der Waals surface area contributed by atoms with Gasteiger partial charge in [-0.25, -0.2) is 4.98 Å². The first kappa shape index (κ1) is 20.6. The molecular weight excluding hydrogens is 346 g/mol. The van der Waals surface area contributed by atoms with Crippen LogP contribution in [0, 0.1) is 20.8 Å². The second-order valence-electron chi connectivity index (χ2n) is 5.51. The van der Waals surface area contributed by atoms with Crippen molar-refractivity contribution < 1.29 is 9.53 Å². The second-order valence-corrected chi connectivity index (χ2v) is 6.37. The predicted octanol–water partition coefficient (Wildman–Crippen LogP) is 3.33. The van der Waals surface area contributed by atoms with Gasteiger partial charge in [-0.15, -0.1) is 23.7 Å². The zero-order valence-electron chi connectivity index (χ0n) is 14.4. The molecule has 0 aliphatic carbocycles. The third-order valence-electron chi connectivity index (χ3n) is 3.64. The van der Waals surface area contributed by atoms with Crippen molar-refractivity contribution >= 4 is 34.8 Å². The average Bonchev–Trinajstić information content (AvgIpc) is 2.95. The van der Waals surface area contributed by atoms with Crippen LogP contribution in [0.15, 0.2) is 17.5 Å². The van der Waals surface area contributed by atoms with Gasteiger partial charge >= 0.3 is 0 Å². The summed E-state index contributed by atoms with van der Waals surface area (Å²) in [6.07, 6.45) is 0. The SMILES string of the molecule is COCCNCC(=O)Nc1nc(-c2cc(C)c(C)cc2C)cs1.Cl. The molecule has 2 N–H and O–H groups in total. The fraction of sp³-hybridized carbons (Fsp3) is 0.412. The number of carbonyl (C=O) groups is 1. The highest BCUT2D eigenvalue weighted by molar-refractivity contribution is 7.14. The number of thiazole rings is 1. The molecule has 1 aromatic heterocycles. The molecule has 1 heterocycles. The molecule has 0 aliphatic rings. The largest absolute Gasteiger partial charge is 0.383 e. The topological polar surface area (TPSA) is 63.2 Å². The fourth-order valence-corrected chi connectivity index (χ4v) is 2.96. The van der Waals surface area contributed by atoms with Gasteiger partial charge in [0.25, 0.3) is 0 Å². The van der Waals surface area contributed by atoms with Gasteiger partial charge in [0, 0.05) is 24.6 Å². The second kappa shape index (κ2) is 9.74. The van der Waals surface area contributed by atoms with Crippen LogP contribution in [-0.4, -0.2) is 37.7 Å². The molecule has 24 heavy (non-hydrogen) atoms. The molecule has 0 saturated heterocycles. The normalized spacial score (nSPS) is 10.3. The first-order chi connectivity index (χ1) is 11.0. The maximum absolute atomic E-state index is 11.8. The van der Waals surface area contributed by atoms with Crippen molar-refractivity contribution in [1.29, 1.82) is 0 Å². The van der Waals surface area contributed by atoms with Crippen LogP contribution in [0.5, 0.6) is 0 Å². The number of aromatic nitrogens is 1. The molecule has 7 heteroatoms. The molecule has 0 saturated carbocycles. The Hall–Kier alpha value is -1.47. The van der Waals surface area contributed by atoms with Crippen molar-refractivity contribution in [3.8, 4) is 11.3 Å². The molecule has 0 fully saturated rings. The van der Waals surface area contributed by atoms with Gasteiger partial charge in [-0.3, -0.25) is 4.79 Å². The first-order valence-corrected chi connectivity index (χ1v) is 8.42. The van der Waals surface area contributed by atoms with E-state index in [1.165, 1.54) is 28.0 Å². The quantitative estimate of drug-likeness (QED) is 0.735. The standard InChI is InChI=1S/C17H23N3O2S.ClH/c1-11-7-13(3)14(8-12(11)2)15-10-23-17(19-15)20-16(21)9-18-5-6-22-4;/h7-8,10,18H,5-6,9H2,1-4H3,(H,19,20,21);1H. The summed E-state index contributed by atoms with van der Waals surface area (Å²) < 4.78 is 4.92. The lowest BCUT2D eigenvalue weighted by molar-refractivity contribution is -0.115. The van der Waals surface area contributed by atoms with Gasteiger partial charge in [0.15, 0.2) is 5.13 Å². The minimum absolute atomic E-state index is 0. The average molecular weight is 370 g/mol. The van der Waals surface area contributed by atoms with E-state index in [2.05, 4.69) is 48.5 Å². The highest BCUT2D eigenvalue weighted by Gasteiger charge is 2.10. The number of rotatable bonds is 7. The Morgan fingerprint density at radius 2 is 1.92 bits per heavy atom. The van der Waals surface area contributed by atoms with Gasteiger partial charge in [0.05, 0.1) is 18.8 Å². The fourth-order valence-electron chi connectivity index (χ4n) is 2.23. The van der Waals surface area contributed by atoms with E-state index in [4.69, 9.17) is 4.74 Å². The lowest BCUT2D eigenvalue weighted by atomic mass is 9.99. The maximum atomic E-state index is 11.8. The zero-order valence-corrected chi connectivity index (χ0v) is 16.1. The van der Waals surface area contributed by atoms with Crippen LogP contribution < -0.4 is 10.6 Å².